The van der Waals surface area contributed by atoms with Gasteiger partial charge in [0.2, 0.25) is 5.82 Å². The standard InChI is InChI=1S/C14H7F3N2O2/c15-14(16,17)13-18-11-8(5-20)3-1-7-2-4-9(6-21)12(19-13)10(7)11/h1-6,20H/b8-5+. The van der Waals surface area contributed by atoms with Crippen LogP contribution in [0.15, 0.2) is 24.3 Å². The fourth-order valence-corrected chi connectivity index (χ4v) is 2.22. The lowest BCUT2D eigenvalue weighted by Gasteiger charge is -2.11. The van der Waals surface area contributed by atoms with E-state index in [-0.39, 0.29) is 21.8 Å². The Kier molecular flexibility index (Phi) is 2.79. The van der Waals surface area contributed by atoms with E-state index >= 15 is 0 Å². The van der Waals surface area contributed by atoms with Crippen LogP contribution in [0.25, 0.3) is 28.1 Å². The topological polar surface area (TPSA) is 63.1 Å². The number of rotatable bonds is 1. The fourth-order valence-electron chi connectivity index (χ4n) is 2.22. The molecule has 0 unspecified atom stereocenters. The van der Waals surface area contributed by atoms with Gasteiger partial charge < -0.3 is 5.11 Å². The SMILES string of the molecule is O=Cc1ccc2cc/c(=C\O)c3nc(C(F)(F)F)nc1c23. The molecule has 0 bridgehead atoms. The molecule has 0 saturated carbocycles. The highest BCUT2D eigenvalue weighted by Gasteiger charge is 2.35. The summed E-state index contributed by atoms with van der Waals surface area (Å²) in [6, 6.07) is 6.06. The summed E-state index contributed by atoms with van der Waals surface area (Å²) in [5.41, 5.74) is -0.0879. The molecule has 3 rings (SSSR count). The van der Waals surface area contributed by atoms with Gasteiger partial charge >= 0.3 is 6.18 Å². The number of aromatic nitrogens is 2. The number of hydrogen-bond donors (Lipinski definition) is 1. The normalized spacial score (nSPS) is 13.2. The molecule has 0 aliphatic rings. The molecule has 0 spiro atoms. The molecule has 0 fully saturated rings. The van der Waals surface area contributed by atoms with Crippen LogP contribution in [0, 0.1) is 0 Å². The zero-order chi connectivity index (χ0) is 15.2. The Morgan fingerprint density at radius 3 is 2.33 bits per heavy atom. The predicted octanol–water partition coefficient (Wildman–Crippen LogP) is 2.63. The molecular formula is C14H7F3N2O2. The van der Waals surface area contributed by atoms with Crippen LogP contribution in [0.1, 0.15) is 16.2 Å². The fraction of sp³-hybridized carbons (Fsp3) is 0.0714. The summed E-state index contributed by atoms with van der Waals surface area (Å²) >= 11 is 0. The Labute approximate surface area is 115 Å². The van der Waals surface area contributed by atoms with Gasteiger partial charge in [-0.2, -0.15) is 13.2 Å². The Morgan fingerprint density at radius 2 is 1.71 bits per heavy atom. The van der Waals surface area contributed by atoms with Crippen molar-refractivity contribution in [1.29, 1.82) is 0 Å². The number of nitrogens with zero attached hydrogens (tertiary/aromatic N) is 2. The molecule has 1 N–H and O–H groups in total. The highest BCUT2D eigenvalue weighted by atomic mass is 19.4. The van der Waals surface area contributed by atoms with Crippen molar-refractivity contribution < 1.29 is 23.1 Å². The zero-order valence-corrected chi connectivity index (χ0v) is 10.3. The number of aliphatic hydroxyl groups is 1. The van der Waals surface area contributed by atoms with Crippen molar-refractivity contribution in [2.75, 3.05) is 0 Å². The zero-order valence-electron chi connectivity index (χ0n) is 10.3. The van der Waals surface area contributed by atoms with Crippen molar-refractivity contribution in [3.63, 3.8) is 0 Å². The minimum atomic E-state index is -4.75. The largest absolute Gasteiger partial charge is 0.515 e. The monoisotopic (exact) mass is 292 g/mol. The van der Waals surface area contributed by atoms with Gasteiger partial charge in [0.25, 0.3) is 0 Å². The highest BCUT2D eigenvalue weighted by molar-refractivity contribution is 6.12. The molecule has 21 heavy (non-hydrogen) atoms. The third kappa shape index (κ3) is 1.97. The quantitative estimate of drug-likeness (QED) is 0.700. The van der Waals surface area contributed by atoms with E-state index in [9.17, 15) is 18.0 Å². The van der Waals surface area contributed by atoms with Crippen LogP contribution in [0.4, 0.5) is 13.2 Å². The van der Waals surface area contributed by atoms with Crippen LogP contribution in [0.2, 0.25) is 0 Å². The Morgan fingerprint density at radius 1 is 1.05 bits per heavy atom. The van der Waals surface area contributed by atoms with Crippen molar-refractivity contribution in [2.45, 2.75) is 6.18 Å². The lowest BCUT2D eigenvalue weighted by atomic mass is 10.0. The van der Waals surface area contributed by atoms with Gasteiger partial charge in [0.05, 0.1) is 17.3 Å². The molecule has 0 radical (unpaired) electrons. The van der Waals surface area contributed by atoms with Gasteiger partial charge in [0.15, 0.2) is 6.29 Å². The molecule has 0 atom stereocenters. The number of carbonyl (C=O) groups excluding carboxylic acids is 1. The Balaban J connectivity index is 2.63. The van der Waals surface area contributed by atoms with Crippen molar-refractivity contribution in [3.8, 4) is 0 Å². The van der Waals surface area contributed by atoms with E-state index in [0.717, 1.165) is 0 Å². The second-order valence-corrected chi connectivity index (χ2v) is 4.40. The van der Waals surface area contributed by atoms with E-state index < -0.39 is 12.0 Å². The third-order valence-electron chi connectivity index (χ3n) is 3.15. The first-order valence-corrected chi connectivity index (χ1v) is 5.85. The Hall–Kier alpha value is -2.70. The van der Waals surface area contributed by atoms with E-state index in [1.165, 1.54) is 12.1 Å². The maximum absolute atomic E-state index is 12.9. The summed E-state index contributed by atoms with van der Waals surface area (Å²) in [6.07, 6.45) is -3.63. The van der Waals surface area contributed by atoms with Crippen LogP contribution in [0.3, 0.4) is 0 Å². The molecule has 0 aliphatic heterocycles. The maximum Gasteiger partial charge on any atom is 0.451 e. The highest BCUT2D eigenvalue weighted by Crippen LogP contribution is 2.31. The van der Waals surface area contributed by atoms with Gasteiger partial charge in [-0.3, -0.25) is 4.79 Å². The number of halogens is 3. The summed E-state index contributed by atoms with van der Waals surface area (Å²) in [7, 11) is 0. The van der Waals surface area contributed by atoms with E-state index in [1.54, 1.807) is 12.1 Å². The smallest absolute Gasteiger partial charge is 0.451 e. The van der Waals surface area contributed by atoms with Crippen molar-refractivity contribution >= 4 is 34.4 Å². The van der Waals surface area contributed by atoms with Crippen LogP contribution >= 0.6 is 0 Å². The van der Waals surface area contributed by atoms with Crippen LogP contribution < -0.4 is 5.22 Å². The van der Waals surface area contributed by atoms with Gasteiger partial charge in [0.1, 0.15) is 0 Å². The van der Waals surface area contributed by atoms with Gasteiger partial charge in [-0.25, -0.2) is 9.97 Å². The van der Waals surface area contributed by atoms with Gasteiger partial charge in [-0.15, -0.1) is 0 Å². The summed E-state index contributed by atoms with van der Waals surface area (Å²) in [4.78, 5) is 18.0. The van der Waals surface area contributed by atoms with Crippen LogP contribution in [-0.2, 0) is 6.18 Å². The van der Waals surface area contributed by atoms with E-state index in [1.807, 2.05) is 0 Å². The first-order chi connectivity index (χ1) is 9.95. The molecule has 7 heteroatoms. The van der Waals surface area contributed by atoms with Crippen LogP contribution in [-0.4, -0.2) is 21.4 Å². The number of benzene rings is 2. The van der Waals surface area contributed by atoms with E-state index in [2.05, 4.69) is 9.97 Å². The lowest BCUT2D eigenvalue weighted by Crippen LogP contribution is -2.15. The summed E-state index contributed by atoms with van der Waals surface area (Å²) < 4.78 is 38.7. The first-order valence-electron chi connectivity index (χ1n) is 5.85. The van der Waals surface area contributed by atoms with Gasteiger partial charge in [-0.1, -0.05) is 12.1 Å². The summed E-state index contributed by atoms with van der Waals surface area (Å²) in [5.74, 6) is -1.35. The average molecular weight is 292 g/mol. The molecule has 0 aliphatic carbocycles. The molecule has 1 aromatic heterocycles. The number of carbonyl (C=O) groups is 1. The second kappa shape index (κ2) is 4.41. The number of aliphatic hydroxyl groups excluding tert-OH is 1. The van der Waals surface area contributed by atoms with Crippen molar-refractivity contribution in [1.82, 2.24) is 9.97 Å². The number of alkyl halides is 3. The van der Waals surface area contributed by atoms with E-state index in [4.69, 9.17) is 5.11 Å². The predicted molar refractivity (Wildman–Crippen MR) is 69.7 cm³/mol. The molecule has 106 valence electrons. The van der Waals surface area contributed by atoms with E-state index in [0.29, 0.717) is 23.3 Å². The van der Waals surface area contributed by atoms with Crippen molar-refractivity contribution in [2.24, 2.45) is 0 Å². The third-order valence-corrected chi connectivity index (χ3v) is 3.15. The maximum atomic E-state index is 12.9. The first kappa shape index (κ1) is 13.3. The molecule has 1 heterocycles. The summed E-state index contributed by atoms with van der Waals surface area (Å²) in [6.45, 7) is 0. The molecule has 2 aromatic carbocycles. The number of aldehydes is 1. The minimum Gasteiger partial charge on any atom is -0.515 e. The summed E-state index contributed by atoms with van der Waals surface area (Å²) in [5, 5.41) is 10.2. The molecule has 0 amide bonds. The van der Waals surface area contributed by atoms with Gasteiger partial charge in [-0.05, 0) is 17.5 Å². The minimum absolute atomic E-state index is 0.0375. The van der Waals surface area contributed by atoms with Crippen molar-refractivity contribution in [3.05, 3.63) is 40.9 Å². The average Bonchev–Trinajstić information content (AvgIpc) is 2.46. The second-order valence-electron chi connectivity index (χ2n) is 4.40. The Bertz CT molecular complexity index is 919. The molecule has 3 aromatic rings. The molecule has 4 nitrogen and oxygen atoms in total. The lowest BCUT2D eigenvalue weighted by molar-refractivity contribution is -0.144. The number of hydrogen-bond acceptors (Lipinski definition) is 4. The van der Waals surface area contributed by atoms with Crippen LogP contribution in [0.5, 0.6) is 0 Å². The molecular weight excluding hydrogens is 285 g/mol. The molecule has 0 saturated heterocycles. The van der Waals surface area contributed by atoms with Gasteiger partial charge in [0, 0.05) is 16.2 Å².